The van der Waals surface area contributed by atoms with Crippen LogP contribution in [0.3, 0.4) is 0 Å². The van der Waals surface area contributed by atoms with Gasteiger partial charge in [-0.05, 0) is 48.1 Å². The molecule has 0 spiro atoms. The van der Waals surface area contributed by atoms with E-state index in [1.165, 1.54) is 12.1 Å². The van der Waals surface area contributed by atoms with Gasteiger partial charge in [-0.3, -0.25) is 15.6 Å². The molecule has 0 aliphatic carbocycles. The summed E-state index contributed by atoms with van der Waals surface area (Å²) in [6.45, 7) is 0.459. The van der Waals surface area contributed by atoms with Crippen LogP contribution in [0.5, 0.6) is 5.75 Å². The van der Waals surface area contributed by atoms with Crippen LogP contribution in [0.4, 0.5) is 4.39 Å². The summed E-state index contributed by atoms with van der Waals surface area (Å²) >= 11 is 10.7. The molecular weight excluding hydrogens is 353 g/mol. The van der Waals surface area contributed by atoms with Gasteiger partial charge in [-0.15, -0.1) is 0 Å². The highest BCUT2D eigenvalue weighted by atomic mass is 35.5. The summed E-state index contributed by atoms with van der Waals surface area (Å²) in [5.74, 6) is -0.603. The topological polar surface area (TPSA) is 62.4 Å². The number of nitrogens with one attached hydrogen (secondary N) is 3. The molecule has 0 fully saturated rings. The van der Waals surface area contributed by atoms with Crippen LogP contribution in [0.2, 0.25) is 5.02 Å². The third-order valence-electron chi connectivity index (χ3n) is 3.08. The normalized spacial score (nSPS) is 9.96. The summed E-state index contributed by atoms with van der Waals surface area (Å²) < 4.78 is 18.7. The number of amides is 1. The summed E-state index contributed by atoms with van der Waals surface area (Å²) in [4.78, 5) is 11.9. The van der Waals surface area contributed by atoms with Gasteiger partial charge in [0, 0.05) is 11.6 Å². The number of methoxy groups -OCH3 is 1. The van der Waals surface area contributed by atoms with E-state index < -0.39 is 11.7 Å². The smallest absolute Gasteiger partial charge is 0.272 e. The Morgan fingerprint density at radius 2 is 1.92 bits per heavy atom. The molecule has 3 N–H and O–H groups in total. The number of hydrazine groups is 1. The SMILES string of the molecule is COc1ccc(CNC(=S)NNC(=O)c2ccc(Cl)cc2F)cc1. The zero-order valence-corrected chi connectivity index (χ0v) is 14.3. The van der Waals surface area contributed by atoms with Gasteiger partial charge in [0.05, 0.1) is 12.7 Å². The third-order valence-corrected chi connectivity index (χ3v) is 3.56. The molecule has 0 bridgehead atoms. The largest absolute Gasteiger partial charge is 0.497 e. The summed E-state index contributed by atoms with van der Waals surface area (Å²) in [7, 11) is 1.60. The first-order valence-electron chi connectivity index (χ1n) is 6.92. The predicted molar refractivity (Wildman–Crippen MR) is 94.4 cm³/mol. The second-order valence-electron chi connectivity index (χ2n) is 4.73. The van der Waals surface area contributed by atoms with Crippen LogP contribution in [-0.2, 0) is 6.54 Å². The van der Waals surface area contributed by atoms with Gasteiger partial charge in [-0.2, -0.15) is 0 Å². The van der Waals surface area contributed by atoms with E-state index in [0.717, 1.165) is 17.4 Å². The van der Waals surface area contributed by atoms with Crippen molar-refractivity contribution in [1.82, 2.24) is 16.2 Å². The van der Waals surface area contributed by atoms with Crippen LogP contribution in [0.1, 0.15) is 15.9 Å². The molecular formula is C16H15ClFN3O2S. The van der Waals surface area contributed by atoms with Gasteiger partial charge in [0.25, 0.3) is 5.91 Å². The Hall–Kier alpha value is -2.38. The zero-order valence-electron chi connectivity index (χ0n) is 12.7. The van der Waals surface area contributed by atoms with Crippen LogP contribution in [-0.4, -0.2) is 18.1 Å². The maximum Gasteiger partial charge on any atom is 0.272 e. The van der Waals surface area contributed by atoms with Crippen LogP contribution < -0.4 is 20.9 Å². The van der Waals surface area contributed by atoms with E-state index in [2.05, 4.69) is 16.2 Å². The standard InChI is InChI=1S/C16H15ClFN3O2S/c1-23-12-5-2-10(3-6-12)9-19-16(24)21-20-15(22)13-7-4-11(17)8-14(13)18/h2-8H,9H2,1H3,(H,20,22)(H2,19,21,24). The monoisotopic (exact) mass is 367 g/mol. The molecule has 2 rings (SSSR count). The van der Waals surface area contributed by atoms with Crippen molar-refractivity contribution in [3.05, 3.63) is 64.4 Å². The van der Waals surface area contributed by atoms with Gasteiger partial charge in [-0.1, -0.05) is 23.7 Å². The van der Waals surface area contributed by atoms with Gasteiger partial charge < -0.3 is 10.1 Å². The lowest BCUT2D eigenvalue weighted by Gasteiger charge is -2.12. The van der Waals surface area contributed by atoms with Gasteiger partial charge in [0.2, 0.25) is 0 Å². The van der Waals surface area contributed by atoms with Gasteiger partial charge in [0.1, 0.15) is 11.6 Å². The number of benzene rings is 2. The fourth-order valence-electron chi connectivity index (χ4n) is 1.82. The Morgan fingerprint density at radius 3 is 2.54 bits per heavy atom. The third kappa shape index (κ3) is 5.07. The molecule has 0 aromatic heterocycles. The molecule has 0 atom stereocenters. The summed E-state index contributed by atoms with van der Waals surface area (Å²) in [5, 5.41) is 3.34. The molecule has 0 saturated carbocycles. The molecule has 0 heterocycles. The number of thiocarbonyl (C=S) groups is 1. The van der Waals surface area contributed by atoms with E-state index in [1.807, 2.05) is 24.3 Å². The lowest BCUT2D eigenvalue weighted by molar-refractivity contribution is 0.0939. The number of ether oxygens (including phenoxy) is 1. The van der Waals surface area contributed by atoms with Crippen LogP contribution >= 0.6 is 23.8 Å². The highest BCUT2D eigenvalue weighted by Crippen LogP contribution is 2.14. The second kappa shape index (κ2) is 8.47. The van der Waals surface area contributed by atoms with E-state index in [1.54, 1.807) is 7.11 Å². The maximum absolute atomic E-state index is 13.6. The highest BCUT2D eigenvalue weighted by molar-refractivity contribution is 7.80. The highest BCUT2D eigenvalue weighted by Gasteiger charge is 2.11. The summed E-state index contributed by atoms with van der Waals surface area (Å²) in [6, 6.07) is 11.2. The first kappa shape index (κ1) is 18.0. The van der Waals surface area contributed by atoms with E-state index in [-0.39, 0.29) is 15.7 Å². The fourth-order valence-corrected chi connectivity index (χ4v) is 2.11. The van der Waals surface area contributed by atoms with Crippen LogP contribution in [0.15, 0.2) is 42.5 Å². The van der Waals surface area contributed by atoms with E-state index in [4.69, 9.17) is 28.6 Å². The molecule has 0 aliphatic heterocycles. The van der Waals surface area contributed by atoms with Crippen molar-refractivity contribution in [2.75, 3.05) is 7.11 Å². The lowest BCUT2D eigenvalue weighted by atomic mass is 10.2. The van der Waals surface area contributed by atoms with Gasteiger partial charge in [0.15, 0.2) is 5.11 Å². The maximum atomic E-state index is 13.6. The molecule has 126 valence electrons. The summed E-state index contributed by atoms with van der Waals surface area (Å²) in [5.41, 5.74) is 5.68. The van der Waals surface area contributed by atoms with E-state index >= 15 is 0 Å². The zero-order chi connectivity index (χ0) is 17.5. The molecule has 0 unspecified atom stereocenters. The average molecular weight is 368 g/mol. The molecule has 0 radical (unpaired) electrons. The molecule has 5 nitrogen and oxygen atoms in total. The molecule has 24 heavy (non-hydrogen) atoms. The molecule has 2 aromatic carbocycles. The van der Waals surface area contributed by atoms with Crippen molar-refractivity contribution in [2.24, 2.45) is 0 Å². The average Bonchev–Trinajstić information content (AvgIpc) is 2.58. The minimum Gasteiger partial charge on any atom is -0.497 e. The van der Waals surface area contributed by atoms with Crippen molar-refractivity contribution >= 4 is 34.8 Å². The number of halogens is 2. The number of carbonyl (C=O) groups is 1. The Morgan fingerprint density at radius 1 is 1.21 bits per heavy atom. The van der Waals surface area contributed by atoms with Crippen molar-refractivity contribution in [1.29, 1.82) is 0 Å². The van der Waals surface area contributed by atoms with Gasteiger partial charge in [-0.25, -0.2) is 4.39 Å². The Labute approximate surface area is 149 Å². The van der Waals surface area contributed by atoms with Crippen molar-refractivity contribution < 1.29 is 13.9 Å². The number of hydrogen-bond acceptors (Lipinski definition) is 3. The number of rotatable bonds is 4. The molecule has 2 aromatic rings. The first-order valence-corrected chi connectivity index (χ1v) is 7.70. The quantitative estimate of drug-likeness (QED) is 0.573. The lowest BCUT2D eigenvalue weighted by Crippen LogP contribution is -2.46. The minimum atomic E-state index is -0.709. The van der Waals surface area contributed by atoms with Crippen LogP contribution in [0, 0.1) is 5.82 Å². The van der Waals surface area contributed by atoms with Crippen molar-refractivity contribution in [2.45, 2.75) is 6.54 Å². The fraction of sp³-hybridized carbons (Fsp3) is 0.125. The number of hydrogen-bond donors (Lipinski definition) is 3. The van der Waals surface area contributed by atoms with Crippen molar-refractivity contribution in [3.63, 3.8) is 0 Å². The Bertz CT molecular complexity index is 741. The number of carbonyl (C=O) groups excluding carboxylic acids is 1. The minimum absolute atomic E-state index is 0.134. The summed E-state index contributed by atoms with van der Waals surface area (Å²) in [6.07, 6.45) is 0. The Balaban J connectivity index is 1.80. The molecule has 0 aliphatic rings. The van der Waals surface area contributed by atoms with Crippen LogP contribution in [0.25, 0.3) is 0 Å². The van der Waals surface area contributed by atoms with E-state index in [0.29, 0.717) is 6.54 Å². The molecule has 0 saturated heterocycles. The van der Waals surface area contributed by atoms with Gasteiger partial charge >= 0.3 is 0 Å². The van der Waals surface area contributed by atoms with E-state index in [9.17, 15) is 9.18 Å². The predicted octanol–water partition coefficient (Wildman–Crippen LogP) is 2.80. The molecule has 1 amide bonds. The van der Waals surface area contributed by atoms with Crippen molar-refractivity contribution in [3.8, 4) is 5.75 Å². The Kier molecular flexibility index (Phi) is 6.34. The molecule has 8 heteroatoms. The second-order valence-corrected chi connectivity index (χ2v) is 5.58. The first-order chi connectivity index (χ1) is 11.5.